The minimum atomic E-state index is -1.12. The van der Waals surface area contributed by atoms with Crippen LogP contribution in [0, 0.1) is 5.92 Å². The first-order valence-corrected chi connectivity index (χ1v) is 22.9. The molecule has 0 aliphatic carbocycles. The Balaban J connectivity index is 1.15. The summed E-state index contributed by atoms with van der Waals surface area (Å²) in [5, 5.41) is 17.3. The molecule has 14 nitrogen and oxygen atoms in total. The van der Waals surface area contributed by atoms with Gasteiger partial charge in [-0.25, -0.2) is 4.98 Å². The fourth-order valence-corrected chi connectivity index (χ4v) is 8.81. The largest absolute Gasteiger partial charge is 0.481 e. The molecule has 3 amide bonds. The Morgan fingerprint density at radius 1 is 1.05 bits per heavy atom. The second-order valence-electron chi connectivity index (χ2n) is 17.8. The first-order valence-electron chi connectivity index (χ1n) is 22.1. The van der Waals surface area contributed by atoms with Crippen LogP contribution < -0.4 is 15.4 Å². The molecule has 0 radical (unpaired) electrons. The lowest BCUT2D eigenvalue weighted by atomic mass is 9.82. The number of likely N-dealkylation sites (tertiary alicyclic amines) is 1. The number of carboxylic acid groups (broad SMARTS) is 1. The number of aromatic nitrogens is 2. The molecule has 0 spiro atoms. The van der Waals surface area contributed by atoms with E-state index in [2.05, 4.69) is 25.5 Å². The molecule has 1 aromatic heterocycles. The van der Waals surface area contributed by atoms with E-state index in [0.717, 1.165) is 41.2 Å². The number of nitrogens with one attached hydrogen (secondary N) is 3. The number of piperidine rings is 1. The van der Waals surface area contributed by atoms with Crippen molar-refractivity contribution in [1.82, 2.24) is 35.3 Å². The number of carbonyl (C=O) groups is 4. The van der Waals surface area contributed by atoms with Gasteiger partial charge in [-0.3, -0.25) is 24.1 Å². The summed E-state index contributed by atoms with van der Waals surface area (Å²) in [6, 6.07) is 18.6. The van der Waals surface area contributed by atoms with E-state index in [-0.39, 0.29) is 37.9 Å². The summed E-state index contributed by atoms with van der Waals surface area (Å²) in [6.45, 7) is 8.78. The highest BCUT2D eigenvalue weighted by Gasteiger charge is 2.50. The number of carbonyl (C=O) groups excluding carboxylic acids is 3. The Labute approximate surface area is 391 Å². The number of hydrogen-bond acceptors (Lipinski definition) is 9. The molecule has 4 aromatic rings. The Kier molecular flexibility index (Phi) is 16.5. The van der Waals surface area contributed by atoms with E-state index in [1.165, 1.54) is 4.90 Å². The summed E-state index contributed by atoms with van der Waals surface area (Å²) < 4.78 is 12.5. The van der Waals surface area contributed by atoms with Crippen molar-refractivity contribution in [2.75, 3.05) is 40.3 Å². The molecule has 4 atom stereocenters. The van der Waals surface area contributed by atoms with Gasteiger partial charge in [-0.05, 0) is 127 Å². The van der Waals surface area contributed by atoms with Gasteiger partial charge in [0, 0.05) is 48.2 Å². The predicted octanol–water partition coefficient (Wildman–Crippen LogP) is 7.50. The molecule has 2 fully saturated rings. The van der Waals surface area contributed by atoms with E-state index in [1.807, 2.05) is 69.7 Å². The molecule has 2 aliphatic rings. The molecule has 2 saturated heterocycles. The van der Waals surface area contributed by atoms with Gasteiger partial charge in [0.25, 0.3) is 0 Å². The first kappa shape index (κ1) is 49.2. The van der Waals surface area contributed by atoms with E-state index < -0.39 is 41.1 Å². The minimum Gasteiger partial charge on any atom is -0.481 e. The number of imidazole rings is 1. The molecule has 0 bridgehead atoms. The molecule has 65 heavy (non-hydrogen) atoms. The third-order valence-electron chi connectivity index (χ3n) is 12.0. The Bertz CT molecular complexity index is 2320. The summed E-state index contributed by atoms with van der Waals surface area (Å²) in [5.41, 5.74) is 1.50. The van der Waals surface area contributed by atoms with Crippen LogP contribution in [-0.4, -0.2) is 117 Å². The zero-order valence-corrected chi connectivity index (χ0v) is 39.5. The third-order valence-corrected chi connectivity index (χ3v) is 12.5. The van der Waals surface area contributed by atoms with Crippen molar-refractivity contribution in [2.24, 2.45) is 5.92 Å². The molecule has 4 N–H and O–H groups in total. The van der Waals surface area contributed by atoms with Crippen LogP contribution in [0.4, 0.5) is 0 Å². The lowest BCUT2D eigenvalue weighted by Gasteiger charge is -2.45. The number of aromatic amines is 1. The van der Waals surface area contributed by atoms with Crippen LogP contribution in [0.1, 0.15) is 70.3 Å². The fraction of sp³-hybridized carbons (Fsp3) is 0.449. The number of amides is 3. The second-order valence-corrected chi connectivity index (χ2v) is 18.7. The number of hydrogen-bond donors (Lipinski definition) is 4. The zero-order chi connectivity index (χ0) is 46.9. The first-order chi connectivity index (χ1) is 31.0. The molecule has 3 aromatic carbocycles. The highest BCUT2D eigenvalue weighted by molar-refractivity contribution is 6.31. The Morgan fingerprint density at radius 3 is 2.46 bits per heavy atom. The molecular weight excluding hydrogens is 869 g/mol. The monoisotopic (exact) mass is 929 g/mol. The van der Waals surface area contributed by atoms with Crippen molar-refractivity contribution in [3.8, 4) is 22.8 Å². The van der Waals surface area contributed by atoms with Crippen LogP contribution in [0.15, 0.2) is 85.1 Å². The highest BCUT2D eigenvalue weighted by Crippen LogP contribution is 2.34. The van der Waals surface area contributed by atoms with Crippen molar-refractivity contribution in [3.63, 3.8) is 0 Å². The maximum absolute atomic E-state index is 14.6. The van der Waals surface area contributed by atoms with Gasteiger partial charge in [0.2, 0.25) is 17.7 Å². The van der Waals surface area contributed by atoms with E-state index in [9.17, 15) is 24.3 Å². The summed E-state index contributed by atoms with van der Waals surface area (Å²) in [7, 11) is 4.06. The number of likely N-dealkylation sites (N-methyl/N-ethyl adjacent to an activating group) is 1. The Hall–Kier alpha value is -5.25. The van der Waals surface area contributed by atoms with E-state index in [1.54, 1.807) is 62.1 Å². The number of carboxylic acids is 1. The number of halogens is 2. The molecule has 16 heteroatoms. The average molecular weight is 931 g/mol. The maximum atomic E-state index is 14.6. The maximum Gasteiger partial charge on any atom is 0.304 e. The summed E-state index contributed by atoms with van der Waals surface area (Å²) >= 11 is 12.7. The SMILES string of the molecule is CC=CCC(CC(=O)O)C(=O)N1CCC[C@](Cc2ccc(Cl)cc2)(NC(=O)[C@@H]2COC(C)(C)N2C(=O)[C@H](C)NCc2ccc(Cl)cc2Oc2ccc(-c3cnc(CCN(C)C)[nH]3)cc2)C1. The lowest BCUT2D eigenvalue weighted by Crippen LogP contribution is -2.65. The topological polar surface area (TPSA) is 169 Å². The van der Waals surface area contributed by atoms with Crippen LogP contribution in [0.3, 0.4) is 0 Å². The smallest absolute Gasteiger partial charge is 0.304 e. The van der Waals surface area contributed by atoms with Crippen molar-refractivity contribution in [2.45, 2.75) is 96.1 Å². The number of aliphatic carboxylic acids is 1. The van der Waals surface area contributed by atoms with E-state index >= 15 is 0 Å². The van der Waals surface area contributed by atoms with Gasteiger partial charge < -0.3 is 40.0 Å². The molecule has 0 saturated carbocycles. The van der Waals surface area contributed by atoms with Crippen LogP contribution in [0.5, 0.6) is 11.5 Å². The third kappa shape index (κ3) is 13.0. The molecule has 6 rings (SSSR count). The predicted molar refractivity (Wildman–Crippen MR) is 252 cm³/mol. The molecule has 2 aliphatic heterocycles. The van der Waals surface area contributed by atoms with Gasteiger partial charge in [0.1, 0.15) is 29.1 Å². The van der Waals surface area contributed by atoms with Gasteiger partial charge in [-0.15, -0.1) is 0 Å². The quantitative estimate of drug-likeness (QED) is 0.0692. The van der Waals surface area contributed by atoms with Crippen LogP contribution in [0.2, 0.25) is 10.0 Å². The number of nitrogens with zero attached hydrogens (tertiary/aromatic N) is 4. The zero-order valence-electron chi connectivity index (χ0n) is 38.0. The van der Waals surface area contributed by atoms with Gasteiger partial charge in [0.05, 0.1) is 42.4 Å². The Morgan fingerprint density at radius 2 is 1.77 bits per heavy atom. The van der Waals surface area contributed by atoms with Crippen LogP contribution in [0.25, 0.3) is 11.3 Å². The number of benzene rings is 3. The summed E-state index contributed by atoms with van der Waals surface area (Å²) in [4.78, 5) is 68.0. The van der Waals surface area contributed by atoms with Crippen molar-refractivity contribution in [1.29, 1.82) is 0 Å². The van der Waals surface area contributed by atoms with Crippen molar-refractivity contribution in [3.05, 3.63) is 112 Å². The summed E-state index contributed by atoms with van der Waals surface area (Å²) in [5.74, 6) is -0.780. The molecule has 3 heterocycles. The summed E-state index contributed by atoms with van der Waals surface area (Å²) in [6.07, 6.45) is 7.73. The normalized spacial score (nSPS) is 19.4. The fourth-order valence-electron chi connectivity index (χ4n) is 8.53. The van der Waals surface area contributed by atoms with Crippen molar-refractivity contribution >= 4 is 46.9 Å². The second kappa shape index (κ2) is 21.8. The molecule has 348 valence electrons. The number of H-pyrrole nitrogens is 1. The molecule has 1 unspecified atom stereocenters. The van der Waals surface area contributed by atoms with Gasteiger partial charge in [-0.1, -0.05) is 53.6 Å². The highest BCUT2D eigenvalue weighted by atomic mass is 35.5. The van der Waals surface area contributed by atoms with Gasteiger partial charge in [0.15, 0.2) is 0 Å². The number of allylic oxidation sites excluding steroid dienone is 2. The van der Waals surface area contributed by atoms with Gasteiger partial charge in [-0.2, -0.15) is 0 Å². The average Bonchev–Trinajstić information content (AvgIpc) is 3.88. The van der Waals surface area contributed by atoms with Crippen molar-refractivity contribution < 1.29 is 33.8 Å². The molecular formula is C49H61Cl2N7O7. The van der Waals surface area contributed by atoms with Crippen LogP contribution in [-0.2, 0) is 43.3 Å². The number of ether oxygens (including phenoxy) is 2. The number of rotatable bonds is 19. The van der Waals surface area contributed by atoms with Gasteiger partial charge >= 0.3 is 5.97 Å². The minimum absolute atomic E-state index is 0.0348. The van der Waals surface area contributed by atoms with E-state index in [0.29, 0.717) is 53.8 Å². The lowest BCUT2D eigenvalue weighted by molar-refractivity contribution is -0.152. The van der Waals surface area contributed by atoms with E-state index in [4.69, 9.17) is 32.7 Å². The standard InChI is InChI=1S/C49H61Cl2N7O7/c1-7-8-10-35(25-44(59)60)47(63)57-23-9-22-49(31-57,27-33-11-16-37(50)17-12-33)55-45(61)41-30-64-48(3,4)58(41)46(62)32(2)52-28-36-13-18-38(51)26-42(36)65-39-19-14-34(15-20-39)40-29-53-43(54-40)21-24-56(5)6/h7-8,11-20,26,29,32,35,41,52H,9-10,21-25,27-28,30-31H2,1-6H3,(H,53,54)(H,55,61)(H,59,60)/t32-,35?,41-,49+/m0/s1. The van der Waals surface area contributed by atoms with Crippen LogP contribution >= 0.6 is 23.2 Å².